The summed E-state index contributed by atoms with van der Waals surface area (Å²) in [7, 11) is 2.25. The van der Waals surface area contributed by atoms with Gasteiger partial charge in [0.25, 0.3) is 0 Å². The molecule has 0 aliphatic carbocycles. The minimum absolute atomic E-state index is 0.669. The molecule has 98 valence electrons. The Labute approximate surface area is 104 Å². The average molecular weight is 239 g/mol. The van der Waals surface area contributed by atoms with Gasteiger partial charge in [-0.2, -0.15) is 0 Å². The summed E-state index contributed by atoms with van der Waals surface area (Å²) in [5.41, 5.74) is 2.77. The first-order valence-corrected chi connectivity index (χ1v) is 6.74. The topological polar surface area (TPSA) is 56.9 Å². The molecule has 0 radical (unpaired) electrons. The molecule has 5 heteroatoms. The first kappa shape index (κ1) is 12.6. The van der Waals surface area contributed by atoms with Crippen molar-refractivity contribution in [2.45, 2.75) is 44.7 Å². The standard InChI is InChI=1S/C12H25N5/c1-3-7-14-12(15-13)17-8-6-10-4-5-11(9-17)16(10)2/h10-11H,3-9,13H2,1-2H3,(H,14,15). The molecule has 0 aromatic heterocycles. The number of hydrogen-bond donors (Lipinski definition) is 2. The highest BCUT2D eigenvalue weighted by Gasteiger charge is 2.35. The number of likely N-dealkylation sites (N-methyl/N-ethyl adjacent to an activating group) is 1. The van der Waals surface area contributed by atoms with Gasteiger partial charge in [-0.25, -0.2) is 5.84 Å². The van der Waals surface area contributed by atoms with E-state index in [-0.39, 0.29) is 0 Å². The fraction of sp³-hybridized carbons (Fsp3) is 0.917. The molecule has 0 aromatic rings. The summed E-state index contributed by atoms with van der Waals surface area (Å²) in [4.78, 5) is 9.37. The van der Waals surface area contributed by atoms with Crippen LogP contribution in [-0.2, 0) is 0 Å². The smallest absolute Gasteiger partial charge is 0.208 e. The number of nitrogens with two attached hydrogens (primary N) is 1. The molecule has 2 unspecified atom stereocenters. The second-order valence-electron chi connectivity index (χ2n) is 5.13. The Morgan fingerprint density at radius 1 is 1.35 bits per heavy atom. The molecule has 5 nitrogen and oxygen atoms in total. The number of guanidine groups is 1. The lowest BCUT2D eigenvalue weighted by atomic mass is 10.1. The predicted molar refractivity (Wildman–Crippen MR) is 70.7 cm³/mol. The van der Waals surface area contributed by atoms with Gasteiger partial charge >= 0.3 is 0 Å². The lowest BCUT2D eigenvalue weighted by Gasteiger charge is -2.28. The summed E-state index contributed by atoms with van der Waals surface area (Å²) in [6, 6.07) is 1.43. The van der Waals surface area contributed by atoms with Crippen LogP contribution in [0.5, 0.6) is 0 Å². The molecule has 2 atom stereocenters. The average Bonchev–Trinajstić information content (AvgIpc) is 2.56. The van der Waals surface area contributed by atoms with E-state index in [4.69, 9.17) is 5.84 Å². The molecule has 0 saturated carbocycles. The van der Waals surface area contributed by atoms with Gasteiger partial charge in [-0.15, -0.1) is 0 Å². The quantitative estimate of drug-likeness (QED) is 0.317. The number of fused-ring (bicyclic) bond motifs is 2. The molecule has 17 heavy (non-hydrogen) atoms. The number of hydrogen-bond acceptors (Lipinski definition) is 3. The third-order valence-electron chi connectivity index (χ3n) is 4.06. The van der Waals surface area contributed by atoms with E-state index in [1.54, 1.807) is 0 Å². The SMILES string of the molecule is CCCN=C(NN)N1CCC2CCC(C1)N2C. The lowest BCUT2D eigenvalue weighted by Crippen LogP contribution is -2.48. The molecule has 2 saturated heterocycles. The number of nitrogens with zero attached hydrogens (tertiary/aromatic N) is 3. The van der Waals surface area contributed by atoms with E-state index in [0.717, 1.165) is 38.1 Å². The van der Waals surface area contributed by atoms with Gasteiger partial charge < -0.3 is 4.90 Å². The fourth-order valence-corrected chi connectivity index (χ4v) is 2.96. The first-order chi connectivity index (χ1) is 8.26. The van der Waals surface area contributed by atoms with Crippen LogP contribution in [0.2, 0.25) is 0 Å². The molecule has 0 amide bonds. The van der Waals surface area contributed by atoms with Crippen LogP contribution < -0.4 is 11.3 Å². The number of hydrazine groups is 1. The lowest BCUT2D eigenvalue weighted by molar-refractivity contribution is 0.245. The van der Waals surface area contributed by atoms with Crippen molar-refractivity contribution in [2.24, 2.45) is 10.8 Å². The second kappa shape index (κ2) is 5.69. The zero-order chi connectivity index (χ0) is 12.3. The van der Waals surface area contributed by atoms with Crippen molar-refractivity contribution in [3.8, 4) is 0 Å². The van der Waals surface area contributed by atoms with Crippen molar-refractivity contribution in [1.82, 2.24) is 15.2 Å². The Hall–Kier alpha value is -0.810. The van der Waals surface area contributed by atoms with E-state index >= 15 is 0 Å². The van der Waals surface area contributed by atoms with E-state index < -0.39 is 0 Å². The minimum Gasteiger partial charge on any atom is -0.340 e. The minimum atomic E-state index is 0.669. The third-order valence-corrected chi connectivity index (χ3v) is 4.06. The van der Waals surface area contributed by atoms with Crippen LogP contribution in [0.4, 0.5) is 0 Å². The van der Waals surface area contributed by atoms with Crippen LogP contribution in [0, 0.1) is 0 Å². The van der Waals surface area contributed by atoms with Gasteiger partial charge in [0, 0.05) is 31.7 Å². The molecular formula is C12H25N5. The van der Waals surface area contributed by atoms with Gasteiger partial charge in [0.15, 0.2) is 0 Å². The highest BCUT2D eigenvalue weighted by Crippen LogP contribution is 2.28. The summed E-state index contributed by atoms with van der Waals surface area (Å²) in [6.07, 6.45) is 4.95. The van der Waals surface area contributed by atoms with Crippen molar-refractivity contribution in [3.63, 3.8) is 0 Å². The van der Waals surface area contributed by atoms with Crippen LogP contribution in [-0.4, -0.2) is 54.5 Å². The van der Waals surface area contributed by atoms with E-state index in [1.165, 1.54) is 19.3 Å². The van der Waals surface area contributed by atoms with Crippen LogP contribution in [0.3, 0.4) is 0 Å². The molecule has 2 rings (SSSR count). The van der Waals surface area contributed by atoms with Gasteiger partial charge in [0.2, 0.25) is 5.96 Å². The Bertz CT molecular complexity index is 278. The van der Waals surface area contributed by atoms with Gasteiger partial charge in [-0.3, -0.25) is 15.3 Å². The first-order valence-electron chi connectivity index (χ1n) is 6.74. The normalized spacial score (nSPS) is 30.5. The molecule has 2 aliphatic rings. The molecule has 2 bridgehead atoms. The molecule has 3 N–H and O–H groups in total. The zero-order valence-corrected chi connectivity index (χ0v) is 11.0. The molecule has 0 spiro atoms. The second-order valence-corrected chi connectivity index (χ2v) is 5.13. The number of aliphatic imine (C=N–C) groups is 1. The molecule has 2 heterocycles. The van der Waals surface area contributed by atoms with Crippen LogP contribution >= 0.6 is 0 Å². The van der Waals surface area contributed by atoms with E-state index in [9.17, 15) is 0 Å². The van der Waals surface area contributed by atoms with E-state index in [2.05, 4.69) is 34.2 Å². The molecular weight excluding hydrogens is 214 g/mol. The predicted octanol–water partition coefficient (Wildman–Crippen LogP) is 0.384. The largest absolute Gasteiger partial charge is 0.340 e. The summed E-state index contributed by atoms with van der Waals surface area (Å²) >= 11 is 0. The van der Waals surface area contributed by atoms with E-state index in [1.807, 2.05) is 0 Å². The van der Waals surface area contributed by atoms with Gasteiger partial charge in [-0.05, 0) is 32.7 Å². The molecule has 2 fully saturated rings. The maximum Gasteiger partial charge on any atom is 0.208 e. The van der Waals surface area contributed by atoms with Crippen molar-refractivity contribution >= 4 is 5.96 Å². The Kier molecular flexibility index (Phi) is 4.23. The highest BCUT2D eigenvalue weighted by atomic mass is 15.4. The monoisotopic (exact) mass is 239 g/mol. The number of rotatable bonds is 2. The summed E-state index contributed by atoms with van der Waals surface area (Å²) in [5, 5.41) is 0. The Morgan fingerprint density at radius 2 is 2.12 bits per heavy atom. The van der Waals surface area contributed by atoms with Crippen molar-refractivity contribution in [1.29, 1.82) is 0 Å². The summed E-state index contributed by atoms with van der Waals surface area (Å²) < 4.78 is 0. The molecule has 0 aromatic carbocycles. The van der Waals surface area contributed by atoms with Gasteiger partial charge in [0.05, 0.1) is 0 Å². The summed E-state index contributed by atoms with van der Waals surface area (Å²) in [6.45, 7) is 5.10. The third kappa shape index (κ3) is 2.72. The Morgan fingerprint density at radius 3 is 2.82 bits per heavy atom. The summed E-state index contributed by atoms with van der Waals surface area (Å²) in [5.74, 6) is 6.46. The maximum absolute atomic E-state index is 5.59. The molecule has 2 aliphatic heterocycles. The van der Waals surface area contributed by atoms with Gasteiger partial charge in [-0.1, -0.05) is 6.92 Å². The maximum atomic E-state index is 5.59. The number of nitrogens with one attached hydrogen (secondary N) is 1. The highest BCUT2D eigenvalue weighted by molar-refractivity contribution is 5.79. The zero-order valence-electron chi connectivity index (χ0n) is 11.0. The van der Waals surface area contributed by atoms with Crippen LogP contribution in [0.1, 0.15) is 32.6 Å². The van der Waals surface area contributed by atoms with E-state index in [0.29, 0.717) is 6.04 Å². The Balaban J connectivity index is 2.02. The van der Waals surface area contributed by atoms with Crippen molar-refractivity contribution in [3.05, 3.63) is 0 Å². The fourth-order valence-electron chi connectivity index (χ4n) is 2.96. The van der Waals surface area contributed by atoms with Gasteiger partial charge in [0.1, 0.15) is 0 Å². The van der Waals surface area contributed by atoms with Crippen molar-refractivity contribution in [2.75, 3.05) is 26.7 Å². The van der Waals surface area contributed by atoms with Crippen molar-refractivity contribution < 1.29 is 0 Å². The van der Waals surface area contributed by atoms with Crippen LogP contribution in [0.15, 0.2) is 4.99 Å². The number of likely N-dealkylation sites (tertiary alicyclic amines) is 1. The van der Waals surface area contributed by atoms with Crippen LogP contribution in [0.25, 0.3) is 0 Å².